The lowest BCUT2D eigenvalue weighted by atomic mass is 10.2. The molecule has 0 N–H and O–H groups in total. The second kappa shape index (κ2) is 5.36. The Morgan fingerprint density at radius 2 is 1.89 bits per heavy atom. The van der Waals surface area contributed by atoms with E-state index >= 15 is 0 Å². The van der Waals surface area contributed by atoms with E-state index in [9.17, 15) is 14.5 Å². The average Bonchev–Trinajstić information content (AvgIpc) is 2.37. The number of halogens is 2. The Morgan fingerprint density at radius 1 is 1.21 bits per heavy atom. The summed E-state index contributed by atoms with van der Waals surface area (Å²) in [5.74, 6) is -0.0506. The van der Waals surface area contributed by atoms with Gasteiger partial charge in [0.15, 0.2) is 11.6 Å². The van der Waals surface area contributed by atoms with Gasteiger partial charge in [0.2, 0.25) is 0 Å². The highest BCUT2D eigenvalue weighted by molar-refractivity contribution is 9.10. The first-order valence-electron chi connectivity index (χ1n) is 5.36. The van der Waals surface area contributed by atoms with Crippen molar-refractivity contribution in [2.45, 2.75) is 6.92 Å². The molecule has 98 valence electrons. The summed E-state index contributed by atoms with van der Waals surface area (Å²) in [5, 5.41) is 10.8. The van der Waals surface area contributed by atoms with E-state index in [1.807, 2.05) is 0 Å². The van der Waals surface area contributed by atoms with Crippen LogP contribution in [-0.4, -0.2) is 4.92 Å². The van der Waals surface area contributed by atoms with Crippen LogP contribution in [0.25, 0.3) is 0 Å². The molecule has 0 unspecified atom stereocenters. The van der Waals surface area contributed by atoms with Gasteiger partial charge in [-0.05, 0) is 41.1 Å². The van der Waals surface area contributed by atoms with E-state index in [0.717, 1.165) is 0 Å². The lowest BCUT2D eigenvalue weighted by molar-refractivity contribution is -0.385. The minimum Gasteiger partial charge on any atom is -0.454 e. The largest absolute Gasteiger partial charge is 0.454 e. The number of rotatable bonds is 3. The molecule has 0 spiro atoms. The minimum atomic E-state index is -0.496. The molecule has 0 fully saturated rings. The molecule has 0 saturated heterocycles. The lowest BCUT2D eigenvalue weighted by Crippen LogP contribution is -1.95. The van der Waals surface area contributed by atoms with Crippen molar-refractivity contribution >= 4 is 21.6 Å². The van der Waals surface area contributed by atoms with Crippen LogP contribution in [0.3, 0.4) is 0 Å². The van der Waals surface area contributed by atoms with Gasteiger partial charge in [-0.15, -0.1) is 0 Å². The van der Waals surface area contributed by atoms with Crippen molar-refractivity contribution in [3.05, 3.63) is 62.4 Å². The maximum absolute atomic E-state index is 13.5. The summed E-state index contributed by atoms with van der Waals surface area (Å²) < 4.78 is 19.2. The van der Waals surface area contributed by atoms with Crippen LogP contribution >= 0.6 is 15.9 Å². The van der Waals surface area contributed by atoms with Crippen molar-refractivity contribution in [3.63, 3.8) is 0 Å². The third-order valence-electron chi connectivity index (χ3n) is 2.57. The van der Waals surface area contributed by atoms with Gasteiger partial charge in [-0.3, -0.25) is 10.1 Å². The maximum Gasteiger partial charge on any atom is 0.284 e. The molecule has 0 saturated carbocycles. The minimum absolute atomic E-state index is 0.0571. The molecular weight excluding hydrogens is 317 g/mol. The number of hydrogen-bond acceptors (Lipinski definition) is 3. The molecule has 0 aliphatic rings. The van der Waals surface area contributed by atoms with Gasteiger partial charge >= 0.3 is 0 Å². The van der Waals surface area contributed by atoms with Crippen LogP contribution in [0.4, 0.5) is 10.1 Å². The predicted molar refractivity (Wildman–Crippen MR) is 72.0 cm³/mol. The molecule has 2 rings (SSSR count). The van der Waals surface area contributed by atoms with E-state index in [2.05, 4.69) is 15.9 Å². The van der Waals surface area contributed by atoms with Crippen LogP contribution < -0.4 is 4.74 Å². The van der Waals surface area contributed by atoms with Gasteiger partial charge in [0.05, 0.1) is 4.92 Å². The van der Waals surface area contributed by atoms with Gasteiger partial charge < -0.3 is 4.74 Å². The molecule has 0 radical (unpaired) electrons. The zero-order chi connectivity index (χ0) is 14.0. The zero-order valence-electron chi connectivity index (χ0n) is 9.89. The van der Waals surface area contributed by atoms with E-state index in [0.29, 0.717) is 15.8 Å². The number of nitro groups is 1. The smallest absolute Gasteiger partial charge is 0.284 e. The quantitative estimate of drug-likeness (QED) is 0.612. The predicted octanol–water partition coefficient (Wildman–Crippen LogP) is 4.60. The van der Waals surface area contributed by atoms with Crippen molar-refractivity contribution in [2.75, 3.05) is 0 Å². The van der Waals surface area contributed by atoms with Crippen molar-refractivity contribution in [2.24, 2.45) is 0 Å². The first-order valence-corrected chi connectivity index (χ1v) is 6.16. The monoisotopic (exact) mass is 325 g/mol. The molecule has 4 nitrogen and oxygen atoms in total. The summed E-state index contributed by atoms with van der Waals surface area (Å²) >= 11 is 3.15. The molecule has 0 atom stereocenters. The molecule has 0 amide bonds. The Morgan fingerprint density at radius 3 is 2.53 bits per heavy atom. The highest BCUT2D eigenvalue weighted by Gasteiger charge is 2.17. The maximum atomic E-state index is 13.5. The Kier molecular flexibility index (Phi) is 3.80. The molecule has 0 heterocycles. The van der Waals surface area contributed by atoms with Crippen LogP contribution in [0.15, 0.2) is 40.9 Å². The van der Waals surface area contributed by atoms with Gasteiger partial charge in [0.25, 0.3) is 5.69 Å². The molecule has 0 bridgehead atoms. The average molecular weight is 326 g/mol. The summed E-state index contributed by atoms with van der Waals surface area (Å²) in [6.07, 6.45) is 0. The summed E-state index contributed by atoms with van der Waals surface area (Å²) in [6, 6.07) is 8.74. The highest BCUT2D eigenvalue weighted by atomic mass is 79.9. The second-order valence-corrected chi connectivity index (χ2v) is 4.60. The Hall–Kier alpha value is -1.95. The standard InChI is InChI=1S/C13H9BrFNO3/c1-8-11(7-6-10(13(8)14)16(17)18)19-12-5-3-2-4-9(12)15/h2-7H,1H3. The van der Waals surface area contributed by atoms with Gasteiger partial charge in [-0.1, -0.05) is 12.1 Å². The third-order valence-corrected chi connectivity index (χ3v) is 3.57. The summed E-state index contributed by atoms with van der Waals surface area (Å²) in [4.78, 5) is 10.3. The summed E-state index contributed by atoms with van der Waals surface area (Å²) in [5.41, 5.74) is 0.482. The molecule has 2 aromatic carbocycles. The van der Waals surface area contributed by atoms with Crippen molar-refractivity contribution in [3.8, 4) is 11.5 Å². The van der Waals surface area contributed by atoms with E-state index in [1.165, 1.54) is 24.3 Å². The van der Waals surface area contributed by atoms with E-state index < -0.39 is 10.7 Å². The van der Waals surface area contributed by atoms with Gasteiger partial charge in [0, 0.05) is 11.6 Å². The van der Waals surface area contributed by atoms with Crippen LogP contribution in [0.1, 0.15) is 5.56 Å². The van der Waals surface area contributed by atoms with E-state index in [4.69, 9.17) is 4.74 Å². The number of benzene rings is 2. The van der Waals surface area contributed by atoms with Gasteiger partial charge in [-0.2, -0.15) is 0 Å². The Labute approximate surface area is 117 Å². The molecule has 0 aliphatic heterocycles. The fourth-order valence-electron chi connectivity index (χ4n) is 1.55. The van der Waals surface area contributed by atoms with E-state index in [-0.39, 0.29) is 11.4 Å². The zero-order valence-corrected chi connectivity index (χ0v) is 11.5. The number of hydrogen-bond donors (Lipinski definition) is 0. The summed E-state index contributed by atoms with van der Waals surface area (Å²) in [6.45, 7) is 1.66. The summed E-state index contributed by atoms with van der Waals surface area (Å²) in [7, 11) is 0. The third kappa shape index (κ3) is 2.73. The molecule has 0 aromatic heterocycles. The Balaban J connectivity index is 2.40. The van der Waals surface area contributed by atoms with Gasteiger partial charge in [-0.25, -0.2) is 4.39 Å². The van der Waals surface area contributed by atoms with E-state index in [1.54, 1.807) is 19.1 Å². The van der Waals surface area contributed by atoms with Crippen LogP contribution in [0, 0.1) is 22.9 Å². The molecular formula is C13H9BrFNO3. The van der Waals surface area contributed by atoms with Crippen molar-refractivity contribution < 1.29 is 14.1 Å². The molecule has 2 aromatic rings. The van der Waals surface area contributed by atoms with Crippen LogP contribution in [0.2, 0.25) is 0 Å². The fraction of sp³-hybridized carbons (Fsp3) is 0.0769. The highest BCUT2D eigenvalue weighted by Crippen LogP contribution is 2.36. The number of ether oxygens (including phenoxy) is 1. The van der Waals surface area contributed by atoms with Crippen LogP contribution in [0.5, 0.6) is 11.5 Å². The number of nitro benzene ring substituents is 1. The normalized spacial score (nSPS) is 10.3. The number of para-hydroxylation sites is 1. The molecule has 6 heteroatoms. The Bertz CT molecular complexity index is 646. The van der Waals surface area contributed by atoms with Crippen molar-refractivity contribution in [1.82, 2.24) is 0 Å². The molecule has 0 aliphatic carbocycles. The van der Waals surface area contributed by atoms with Gasteiger partial charge in [0.1, 0.15) is 10.2 Å². The topological polar surface area (TPSA) is 52.4 Å². The fourth-order valence-corrected chi connectivity index (χ4v) is 2.02. The molecule has 19 heavy (non-hydrogen) atoms. The SMILES string of the molecule is Cc1c(Oc2ccccc2F)ccc([N+](=O)[O-])c1Br. The van der Waals surface area contributed by atoms with Crippen LogP contribution in [-0.2, 0) is 0 Å². The first kappa shape index (κ1) is 13.5. The first-order chi connectivity index (χ1) is 9.00. The number of nitrogens with zero attached hydrogens (tertiary/aromatic N) is 1. The van der Waals surface area contributed by atoms with Crippen molar-refractivity contribution in [1.29, 1.82) is 0 Å². The second-order valence-electron chi connectivity index (χ2n) is 3.81. The lowest BCUT2D eigenvalue weighted by Gasteiger charge is -2.10.